The summed E-state index contributed by atoms with van der Waals surface area (Å²) in [7, 11) is 0. The Hall–Kier alpha value is -2.26. The Labute approximate surface area is 165 Å². The molecule has 0 aliphatic heterocycles. The number of benzene rings is 2. The van der Waals surface area contributed by atoms with E-state index in [0.29, 0.717) is 5.75 Å². The van der Waals surface area contributed by atoms with Crippen LogP contribution < -0.4 is 10.1 Å². The van der Waals surface area contributed by atoms with Gasteiger partial charge in [0, 0.05) is 4.47 Å². The van der Waals surface area contributed by atoms with Gasteiger partial charge in [-0.05, 0) is 36.4 Å². The monoisotopic (exact) mass is 465 g/mol. The maximum atomic E-state index is 13.0. The van der Waals surface area contributed by atoms with Gasteiger partial charge in [0.05, 0.1) is 16.3 Å². The smallest absolute Gasteiger partial charge is 0.418 e. The first-order valence-electron chi connectivity index (χ1n) is 7.36. The van der Waals surface area contributed by atoms with Gasteiger partial charge < -0.3 is 14.8 Å². The predicted molar refractivity (Wildman–Crippen MR) is 95.7 cm³/mol. The van der Waals surface area contributed by atoms with Gasteiger partial charge in [-0.25, -0.2) is 4.79 Å². The minimum atomic E-state index is -4.71. The zero-order valence-electron chi connectivity index (χ0n) is 13.5. The summed E-state index contributed by atoms with van der Waals surface area (Å²) in [4.78, 5) is 23.4. The van der Waals surface area contributed by atoms with Crippen LogP contribution in [0.2, 0.25) is 5.02 Å². The van der Waals surface area contributed by atoms with E-state index in [2.05, 4.69) is 20.7 Å². The maximum Gasteiger partial charge on any atom is 0.418 e. The predicted octanol–water partition coefficient (Wildman–Crippen LogP) is 4.68. The van der Waals surface area contributed by atoms with Gasteiger partial charge in [0.15, 0.2) is 13.2 Å². The molecule has 10 heteroatoms. The normalized spacial score (nSPS) is 11.0. The number of carbonyl (C=O) groups excluding carboxylic acids is 2. The van der Waals surface area contributed by atoms with Gasteiger partial charge in [-0.1, -0.05) is 33.6 Å². The lowest BCUT2D eigenvalue weighted by Gasteiger charge is -2.15. The molecule has 2 rings (SSSR count). The fraction of sp³-hybridized carbons (Fsp3) is 0.176. The van der Waals surface area contributed by atoms with E-state index in [0.717, 1.165) is 16.6 Å². The average Bonchev–Trinajstić information content (AvgIpc) is 2.60. The molecule has 0 radical (unpaired) electrons. The van der Waals surface area contributed by atoms with Gasteiger partial charge in [-0.15, -0.1) is 0 Å². The lowest BCUT2D eigenvalue weighted by Crippen LogP contribution is -2.25. The minimum Gasteiger partial charge on any atom is -0.482 e. The Morgan fingerprint density at radius 2 is 1.74 bits per heavy atom. The van der Waals surface area contributed by atoms with Crippen LogP contribution in [0.3, 0.4) is 0 Å². The highest BCUT2D eigenvalue weighted by molar-refractivity contribution is 9.10. The summed E-state index contributed by atoms with van der Waals surface area (Å²) in [6.45, 7) is -1.25. The molecule has 0 atom stereocenters. The van der Waals surface area contributed by atoms with Crippen molar-refractivity contribution in [2.45, 2.75) is 6.18 Å². The van der Waals surface area contributed by atoms with Crippen molar-refractivity contribution >= 4 is 45.1 Å². The number of rotatable bonds is 6. The molecule has 0 fully saturated rings. The SMILES string of the molecule is O=C(COC(=O)COc1ccc(Br)cc1)Nc1c(Cl)cccc1C(F)(F)F. The van der Waals surface area contributed by atoms with Crippen molar-refractivity contribution in [3.8, 4) is 5.75 Å². The van der Waals surface area contributed by atoms with Crippen LogP contribution in [0.25, 0.3) is 0 Å². The van der Waals surface area contributed by atoms with Crippen LogP contribution in [0.5, 0.6) is 5.75 Å². The summed E-state index contributed by atoms with van der Waals surface area (Å²) in [5.41, 5.74) is -1.70. The summed E-state index contributed by atoms with van der Waals surface area (Å²) >= 11 is 8.97. The Morgan fingerprint density at radius 3 is 2.37 bits per heavy atom. The number of amides is 1. The topological polar surface area (TPSA) is 64.6 Å². The molecule has 5 nitrogen and oxygen atoms in total. The first-order valence-corrected chi connectivity index (χ1v) is 8.53. The maximum absolute atomic E-state index is 13.0. The number of alkyl halides is 3. The van der Waals surface area contributed by atoms with E-state index in [9.17, 15) is 22.8 Å². The highest BCUT2D eigenvalue weighted by Gasteiger charge is 2.34. The molecule has 0 saturated carbocycles. The van der Waals surface area contributed by atoms with E-state index in [1.807, 2.05) is 5.32 Å². The van der Waals surface area contributed by atoms with Crippen LogP contribution in [-0.4, -0.2) is 25.1 Å². The second-order valence-electron chi connectivity index (χ2n) is 5.11. The fourth-order valence-corrected chi connectivity index (χ4v) is 2.41. The molecule has 0 spiro atoms. The zero-order valence-corrected chi connectivity index (χ0v) is 15.8. The highest BCUT2D eigenvalue weighted by Crippen LogP contribution is 2.38. The first-order chi connectivity index (χ1) is 12.7. The zero-order chi connectivity index (χ0) is 20.0. The van der Waals surface area contributed by atoms with E-state index in [1.54, 1.807) is 24.3 Å². The van der Waals surface area contributed by atoms with Gasteiger partial charge in [0.2, 0.25) is 0 Å². The molecule has 0 aliphatic carbocycles. The Morgan fingerprint density at radius 1 is 1.07 bits per heavy atom. The van der Waals surface area contributed by atoms with Crippen molar-refractivity contribution in [3.05, 3.63) is 57.5 Å². The number of hydrogen-bond acceptors (Lipinski definition) is 4. The third-order valence-electron chi connectivity index (χ3n) is 3.12. The molecule has 2 aromatic rings. The minimum absolute atomic E-state index is 0.289. The molecule has 0 unspecified atom stereocenters. The lowest BCUT2D eigenvalue weighted by molar-refractivity contribution is -0.149. The van der Waals surface area contributed by atoms with Crippen LogP contribution in [0, 0.1) is 0 Å². The number of para-hydroxylation sites is 1. The summed E-state index contributed by atoms with van der Waals surface area (Å²) in [6.07, 6.45) is -4.71. The molecule has 0 saturated heterocycles. The van der Waals surface area contributed by atoms with Gasteiger partial charge in [-0.3, -0.25) is 4.79 Å². The molecule has 0 heterocycles. The molecule has 0 aromatic heterocycles. The number of anilines is 1. The summed E-state index contributed by atoms with van der Waals surface area (Å²) in [5.74, 6) is -1.42. The van der Waals surface area contributed by atoms with Crippen LogP contribution in [-0.2, 0) is 20.5 Å². The van der Waals surface area contributed by atoms with E-state index in [-0.39, 0.29) is 5.02 Å². The number of nitrogens with one attached hydrogen (secondary N) is 1. The highest BCUT2D eigenvalue weighted by atomic mass is 79.9. The van der Waals surface area contributed by atoms with Crippen LogP contribution in [0.4, 0.5) is 18.9 Å². The van der Waals surface area contributed by atoms with Crippen molar-refractivity contribution in [3.63, 3.8) is 0 Å². The number of ether oxygens (including phenoxy) is 2. The van der Waals surface area contributed by atoms with Crippen LogP contribution >= 0.6 is 27.5 Å². The van der Waals surface area contributed by atoms with Gasteiger partial charge in [0.1, 0.15) is 5.75 Å². The van der Waals surface area contributed by atoms with E-state index < -0.39 is 42.5 Å². The molecule has 1 amide bonds. The molecule has 0 aliphatic rings. The van der Waals surface area contributed by atoms with Crippen molar-refractivity contribution in [2.24, 2.45) is 0 Å². The van der Waals surface area contributed by atoms with Crippen molar-refractivity contribution < 1.29 is 32.2 Å². The number of halogens is 5. The van der Waals surface area contributed by atoms with Gasteiger partial charge in [0.25, 0.3) is 5.91 Å². The molecule has 27 heavy (non-hydrogen) atoms. The third kappa shape index (κ3) is 6.44. The standard InChI is InChI=1S/C17H12BrClF3NO4/c18-10-4-6-11(7-5-10)26-9-15(25)27-8-14(24)23-16-12(17(20,21)22)2-1-3-13(16)19/h1-7H,8-9H2,(H,23,24). The Kier molecular flexibility index (Phi) is 7.09. The quantitative estimate of drug-likeness (QED) is 0.628. The van der Waals surface area contributed by atoms with Crippen molar-refractivity contribution in [1.82, 2.24) is 0 Å². The van der Waals surface area contributed by atoms with Gasteiger partial charge >= 0.3 is 12.1 Å². The number of hydrogen-bond donors (Lipinski definition) is 1. The molecular weight excluding hydrogens is 455 g/mol. The fourth-order valence-electron chi connectivity index (χ4n) is 1.92. The van der Waals surface area contributed by atoms with Crippen LogP contribution in [0.1, 0.15) is 5.56 Å². The molecular formula is C17H12BrClF3NO4. The Balaban J connectivity index is 1.87. The second-order valence-corrected chi connectivity index (χ2v) is 6.43. The third-order valence-corrected chi connectivity index (χ3v) is 3.96. The number of esters is 1. The molecule has 1 N–H and O–H groups in total. The van der Waals surface area contributed by atoms with Gasteiger partial charge in [-0.2, -0.15) is 13.2 Å². The Bertz CT molecular complexity index is 828. The molecule has 144 valence electrons. The number of carbonyl (C=O) groups is 2. The van der Waals surface area contributed by atoms with Crippen LogP contribution in [0.15, 0.2) is 46.9 Å². The lowest BCUT2D eigenvalue weighted by atomic mass is 10.1. The molecule has 0 bridgehead atoms. The van der Waals surface area contributed by atoms with E-state index in [4.69, 9.17) is 16.3 Å². The molecule has 2 aromatic carbocycles. The van der Waals surface area contributed by atoms with E-state index >= 15 is 0 Å². The van der Waals surface area contributed by atoms with E-state index in [1.165, 1.54) is 6.07 Å². The summed E-state index contributed by atoms with van der Waals surface area (Å²) in [5, 5.41) is 1.72. The van der Waals surface area contributed by atoms with Crippen molar-refractivity contribution in [2.75, 3.05) is 18.5 Å². The summed E-state index contributed by atoms with van der Waals surface area (Å²) < 4.78 is 49.6. The average molecular weight is 467 g/mol. The van der Waals surface area contributed by atoms with Crippen molar-refractivity contribution in [1.29, 1.82) is 0 Å². The second kappa shape index (κ2) is 9.09. The largest absolute Gasteiger partial charge is 0.482 e. The summed E-state index contributed by atoms with van der Waals surface area (Å²) in [6, 6.07) is 9.72. The first kappa shape index (κ1) is 21.0.